The van der Waals surface area contributed by atoms with Gasteiger partial charge in [-0.25, -0.2) is 0 Å². The van der Waals surface area contributed by atoms with Crippen LogP contribution < -0.4 is 0 Å². The van der Waals surface area contributed by atoms with Gasteiger partial charge in [-0.15, -0.1) is 0 Å². The SMILES string of the molecule is CCn1nc(C)c(CN(CCOC)Cc2c(C)nn(C)c2Cl)c1C. The van der Waals surface area contributed by atoms with E-state index in [4.69, 9.17) is 16.3 Å². The van der Waals surface area contributed by atoms with E-state index in [0.29, 0.717) is 11.8 Å². The minimum atomic E-state index is 0.678. The molecule has 134 valence electrons. The molecule has 0 unspecified atom stereocenters. The zero-order chi connectivity index (χ0) is 17.9. The molecule has 24 heavy (non-hydrogen) atoms. The summed E-state index contributed by atoms with van der Waals surface area (Å²) in [7, 11) is 3.60. The molecule has 0 fully saturated rings. The lowest BCUT2D eigenvalue weighted by atomic mass is 10.1. The topological polar surface area (TPSA) is 48.1 Å². The Morgan fingerprint density at radius 2 is 1.71 bits per heavy atom. The minimum Gasteiger partial charge on any atom is -0.383 e. The standard InChI is InChI=1S/C17H28ClN5O/c1-7-23-14(4)15(12(2)20-23)10-22(8-9-24-6)11-16-13(3)19-21(5)17(16)18/h7-11H2,1-6H3. The maximum atomic E-state index is 6.41. The van der Waals surface area contributed by atoms with Crippen LogP contribution in [0.2, 0.25) is 5.15 Å². The molecule has 0 spiro atoms. The predicted octanol–water partition coefficient (Wildman–Crippen LogP) is 2.86. The van der Waals surface area contributed by atoms with Crippen molar-refractivity contribution < 1.29 is 4.74 Å². The summed E-state index contributed by atoms with van der Waals surface area (Å²) in [5.74, 6) is 0. The number of methoxy groups -OCH3 is 1. The fourth-order valence-corrected chi connectivity index (χ4v) is 3.24. The highest BCUT2D eigenvalue weighted by Crippen LogP contribution is 2.23. The average molecular weight is 354 g/mol. The Morgan fingerprint density at radius 3 is 2.21 bits per heavy atom. The van der Waals surface area contributed by atoms with Crippen LogP contribution in [0.5, 0.6) is 0 Å². The number of aryl methyl sites for hydroxylation is 4. The molecule has 2 aromatic rings. The Kier molecular flexibility index (Phi) is 6.43. The summed E-state index contributed by atoms with van der Waals surface area (Å²) in [6.45, 7) is 12.3. The highest BCUT2D eigenvalue weighted by atomic mass is 35.5. The van der Waals surface area contributed by atoms with Crippen LogP contribution >= 0.6 is 11.6 Å². The molecule has 0 atom stereocenters. The van der Waals surface area contributed by atoms with Crippen molar-refractivity contribution in [1.29, 1.82) is 0 Å². The summed E-state index contributed by atoms with van der Waals surface area (Å²) in [5.41, 5.74) is 5.65. The second-order valence-corrected chi connectivity index (χ2v) is 6.50. The first-order chi connectivity index (χ1) is 11.4. The molecule has 2 rings (SSSR count). The van der Waals surface area contributed by atoms with Crippen molar-refractivity contribution in [3.63, 3.8) is 0 Å². The molecule has 0 N–H and O–H groups in total. The van der Waals surface area contributed by atoms with Gasteiger partial charge in [0.2, 0.25) is 0 Å². The first-order valence-corrected chi connectivity index (χ1v) is 8.68. The van der Waals surface area contributed by atoms with Gasteiger partial charge in [0.05, 0.1) is 18.0 Å². The van der Waals surface area contributed by atoms with Crippen LogP contribution in [0.3, 0.4) is 0 Å². The molecular formula is C17H28ClN5O. The molecule has 2 aromatic heterocycles. The van der Waals surface area contributed by atoms with Gasteiger partial charge < -0.3 is 4.74 Å². The van der Waals surface area contributed by atoms with E-state index in [2.05, 4.69) is 40.6 Å². The number of aromatic nitrogens is 4. The molecule has 0 bridgehead atoms. The van der Waals surface area contributed by atoms with Gasteiger partial charge in [-0.1, -0.05) is 11.6 Å². The molecule has 2 heterocycles. The van der Waals surface area contributed by atoms with E-state index >= 15 is 0 Å². The highest BCUT2D eigenvalue weighted by Gasteiger charge is 2.19. The third-order valence-electron chi connectivity index (χ3n) is 4.48. The normalized spacial score (nSPS) is 11.7. The number of ether oxygens (including phenoxy) is 1. The van der Waals surface area contributed by atoms with Crippen LogP contribution in [0.25, 0.3) is 0 Å². The van der Waals surface area contributed by atoms with E-state index in [9.17, 15) is 0 Å². The van der Waals surface area contributed by atoms with Crippen molar-refractivity contribution in [3.8, 4) is 0 Å². The zero-order valence-corrected chi connectivity index (χ0v) is 16.3. The molecule has 0 radical (unpaired) electrons. The predicted molar refractivity (Wildman–Crippen MR) is 96.3 cm³/mol. The Balaban J connectivity index is 2.24. The van der Waals surface area contributed by atoms with Crippen LogP contribution in [-0.2, 0) is 31.4 Å². The van der Waals surface area contributed by atoms with Gasteiger partial charge in [0, 0.05) is 57.2 Å². The van der Waals surface area contributed by atoms with Gasteiger partial charge in [-0.3, -0.25) is 14.3 Å². The Morgan fingerprint density at radius 1 is 1.08 bits per heavy atom. The van der Waals surface area contributed by atoms with E-state index in [1.54, 1.807) is 11.8 Å². The maximum absolute atomic E-state index is 6.41. The summed E-state index contributed by atoms with van der Waals surface area (Å²) in [6, 6.07) is 0. The summed E-state index contributed by atoms with van der Waals surface area (Å²) in [6.07, 6.45) is 0. The Labute approximate surface area is 149 Å². The second kappa shape index (κ2) is 8.14. The summed E-state index contributed by atoms with van der Waals surface area (Å²) in [4.78, 5) is 2.34. The van der Waals surface area contributed by atoms with Crippen LogP contribution in [0, 0.1) is 20.8 Å². The second-order valence-electron chi connectivity index (χ2n) is 6.15. The zero-order valence-electron chi connectivity index (χ0n) is 15.6. The third-order valence-corrected chi connectivity index (χ3v) is 4.95. The molecular weight excluding hydrogens is 326 g/mol. The van der Waals surface area contributed by atoms with Crippen molar-refractivity contribution in [2.24, 2.45) is 7.05 Å². The Bertz CT molecular complexity index is 692. The lowest BCUT2D eigenvalue weighted by Gasteiger charge is -2.22. The fraction of sp³-hybridized carbons (Fsp3) is 0.647. The largest absolute Gasteiger partial charge is 0.383 e. The first kappa shape index (κ1) is 19.0. The maximum Gasteiger partial charge on any atom is 0.131 e. The van der Waals surface area contributed by atoms with Crippen molar-refractivity contribution in [3.05, 3.63) is 33.4 Å². The van der Waals surface area contributed by atoms with Crippen molar-refractivity contribution in [1.82, 2.24) is 24.5 Å². The van der Waals surface area contributed by atoms with E-state index in [1.807, 2.05) is 14.0 Å². The van der Waals surface area contributed by atoms with Gasteiger partial charge in [0.15, 0.2) is 0 Å². The van der Waals surface area contributed by atoms with Crippen molar-refractivity contribution in [2.75, 3.05) is 20.3 Å². The lowest BCUT2D eigenvalue weighted by molar-refractivity contribution is 0.139. The number of hydrogen-bond donors (Lipinski definition) is 0. The van der Waals surface area contributed by atoms with Gasteiger partial charge >= 0.3 is 0 Å². The molecule has 0 aromatic carbocycles. The average Bonchev–Trinajstić information content (AvgIpc) is 2.95. The summed E-state index contributed by atoms with van der Waals surface area (Å²) < 4.78 is 9.07. The molecule has 0 amide bonds. The minimum absolute atomic E-state index is 0.678. The van der Waals surface area contributed by atoms with Crippen LogP contribution in [-0.4, -0.2) is 44.7 Å². The molecule has 7 heteroatoms. The molecule has 0 aliphatic carbocycles. The Hall–Kier alpha value is -1.37. The van der Waals surface area contributed by atoms with Gasteiger partial charge in [0.1, 0.15) is 5.15 Å². The molecule has 0 saturated carbocycles. The van der Waals surface area contributed by atoms with Crippen molar-refractivity contribution in [2.45, 2.75) is 47.3 Å². The van der Waals surface area contributed by atoms with Crippen molar-refractivity contribution >= 4 is 11.6 Å². The van der Waals surface area contributed by atoms with E-state index in [1.165, 1.54) is 11.3 Å². The van der Waals surface area contributed by atoms with Crippen LogP contribution in [0.15, 0.2) is 0 Å². The monoisotopic (exact) mass is 353 g/mol. The van der Waals surface area contributed by atoms with E-state index in [0.717, 1.165) is 43.1 Å². The van der Waals surface area contributed by atoms with Crippen LogP contribution in [0.1, 0.15) is 35.1 Å². The number of rotatable bonds is 8. The smallest absolute Gasteiger partial charge is 0.131 e. The van der Waals surface area contributed by atoms with Gasteiger partial charge in [-0.05, 0) is 27.7 Å². The third kappa shape index (κ3) is 3.99. The number of halogens is 1. The summed E-state index contributed by atoms with van der Waals surface area (Å²) >= 11 is 6.41. The molecule has 0 aliphatic heterocycles. The molecule has 0 saturated heterocycles. The van der Waals surface area contributed by atoms with E-state index < -0.39 is 0 Å². The highest BCUT2D eigenvalue weighted by molar-refractivity contribution is 6.30. The quantitative estimate of drug-likeness (QED) is 0.732. The van der Waals surface area contributed by atoms with Gasteiger partial charge in [0.25, 0.3) is 0 Å². The number of hydrogen-bond acceptors (Lipinski definition) is 4. The van der Waals surface area contributed by atoms with Gasteiger partial charge in [-0.2, -0.15) is 10.2 Å². The first-order valence-electron chi connectivity index (χ1n) is 8.31. The summed E-state index contributed by atoms with van der Waals surface area (Å²) in [5, 5.41) is 9.74. The molecule has 0 aliphatic rings. The molecule has 6 nitrogen and oxygen atoms in total. The van der Waals surface area contributed by atoms with E-state index in [-0.39, 0.29) is 0 Å². The lowest BCUT2D eigenvalue weighted by Crippen LogP contribution is -2.27. The number of nitrogens with zero attached hydrogens (tertiary/aromatic N) is 5. The fourth-order valence-electron chi connectivity index (χ4n) is 3.01. The van der Waals surface area contributed by atoms with Crippen LogP contribution in [0.4, 0.5) is 0 Å².